The van der Waals surface area contributed by atoms with Gasteiger partial charge in [-0.2, -0.15) is 0 Å². The summed E-state index contributed by atoms with van der Waals surface area (Å²) in [6.45, 7) is 0. The molecule has 96 valence electrons. The molecular formula is H13FO11P2. The average molecular weight is 270 g/mol. The molecule has 11 nitrogen and oxygen atoms in total. The van der Waals surface area contributed by atoms with Gasteiger partial charge in [0.15, 0.2) is 0 Å². The molecule has 0 aromatic rings. The van der Waals surface area contributed by atoms with E-state index in [-0.39, 0.29) is 21.1 Å². The lowest BCUT2D eigenvalue weighted by atomic mass is 15.8. The molecule has 0 heterocycles. The molecule has 0 aromatic heterocycles. The van der Waals surface area contributed by atoms with Crippen LogP contribution in [0.5, 0.6) is 0 Å². The monoisotopic (exact) mass is 270 g/mol. The van der Waals surface area contributed by atoms with Crippen molar-refractivity contribution in [1.29, 1.82) is 0 Å². The summed E-state index contributed by atoms with van der Waals surface area (Å²) in [4.78, 5) is 43.1. The molecule has 0 aromatic carbocycles. The van der Waals surface area contributed by atoms with E-state index in [9.17, 15) is 0 Å². The highest BCUT2D eigenvalue weighted by Gasteiger charge is 2.00. The van der Waals surface area contributed by atoms with E-state index < -0.39 is 15.6 Å². The summed E-state index contributed by atoms with van der Waals surface area (Å²) in [6, 6.07) is 0. The highest BCUT2D eigenvalue weighted by molar-refractivity contribution is 7.45. The van der Waals surface area contributed by atoms with E-state index in [1.807, 2.05) is 0 Å². The van der Waals surface area contributed by atoms with Crippen LogP contribution >= 0.6 is 15.6 Å². The fourth-order valence-electron chi connectivity index (χ4n) is 0. The van der Waals surface area contributed by atoms with Crippen molar-refractivity contribution in [3.8, 4) is 0 Å². The highest BCUT2D eigenvalue weighted by Crippen LogP contribution is 2.26. The predicted octanol–water partition coefficient (Wildman–Crippen LogP) is -4.18. The topological polar surface area (TPSA) is 250 Å². The van der Waals surface area contributed by atoms with Crippen LogP contribution in [0, 0.1) is 0 Å². The summed E-state index contributed by atoms with van der Waals surface area (Å²) in [6.07, 6.45) is 0. The van der Waals surface area contributed by atoms with Gasteiger partial charge in [-0.15, -0.1) is 0 Å². The van der Waals surface area contributed by atoms with E-state index >= 15 is 0 Å². The van der Waals surface area contributed by atoms with Crippen molar-refractivity contribution in [1.82, 2.24) is 0 Å². The summed E-state index contributed by atoms with van der Waals surface area (Å²) in [5.74, 6) is 0. The Morgan fingerprint density at radius 1 is 0.571 bits per heavy atom. The molecule has 12 N–H and O–H groups in total. The zero-order valence-electron chi connectivity index (χ0n) is 6.30. The Morgan fingerprint density at radius 3 is 0.571 bits per heavy atom. The lowest BCUT2D eigenvalue weighted by Crippen LogP contribution is -1.66. The maximum Gasteiger partial charge on any atom is 0.466 e. The molecule has 0 aliphatic rings. The van der Waals surface area contributed by atoms with Gasteiger partial charge in [0.05, 0.1) is 0 Å². The van der Waals surface area contributed by atoms with Crippen LogP contribution in [-0.4, -0.2) is 45.8 Å². The van der Waals surface area contributed by atoms with E-state index in [0.29, 0.717) is 0 Å². The average Bonchev–Trinajstić information content (AvgIpc) is 1.12. The third-order valence-electron chi connectivity index (χ3n) is 0. The number of hydrogen-bond donors (Lipinski definition) is 6. The van der Waals surface area contributed by atoms with E-state index in [4.69, 9.17) is 38.5 Å². The minimum absolute atomic E-state index is 0. The van der Waals surface area contributed by atoms with Crippen LogP contribution in [0.15, 0.2) is 0 Å². The van der Waals surface area contributed by atoms with Gasteiger partial charge in [0.25, 0.3) is 0 Å². The molecule has 0 saturated carbocycles. The van der Waals surface area contributed by atoms with Crippen molar-refractivity contribution in [3.05, 3.63) is 0 Å². The van der Waals surface area contributed by atoms with E-state index in [1.54, 1.807) is 0 Å². The smallest absolute Gasteiger partial charge is 0.412 e. The fraction of sp³-hybridized carbons (Fsp3) is 0. The minimum atomic E-state index is -4.64. The van der Waals surface area contributed by atoms with Crippen molar-refractivity contribution in [2.75, 3.05) is 0 Å². The van der Waals surface area contributed by atoms with Crippen molar-refractivity contribution in [3.63, 3.8) is 0 Å². The van der Waals surface area contributed by atoms with Crippen molar-refractivity contribution in [2.24, 2.45) is 0 Å². The highest BCUT2D eigenvalue weighted by atomic mass is 31.2. The van der Waals surface area contributed by atoms with Gasteiger partial charge in [0.2, 0.25) is 0 Å². The third kappa shape index (κ3) is 1630000. The number of phosphoric acid groups is 2. The molecule has 0 rings (SSSR count). The van der Waals surface area contributed by atoms with Gasteiger partial charge in [-0.1, -0.05) is 0 Å². The Morgan fingerprint density at radius 2 is 0.571 bits per heavy atom. The number of hydrogen-bond acceptors (Lipinski definition) is 2. The van der Waals surface area contributed by atoms with Gasteiger partial charge in [0.1, 0.15) is 0 Å². The molecule has 14 heavy (non-hydrogen) atoms. The molecule has 0 bridgehead atoms. The third-order valence-corrected chi connectivity index (χ3v) is 0. The molecule has 0 amide bonds. The zero-order valence-corrected chi connectivity index (χ0v) is 8.09. The first-order chi connectivity index (χ1) is 4.00. The standard InChI is InChI=1S/FH.2H3O4P.3H2O/c;2*1-5(2,3)4;;;/h1H;2*(H3,1,2,3,4);3*1H2. The summed E-state index contributed by atoms with van der Waals surface area (Å²) < 4.78 is 17.8. The SMILES string of the molecule is F.O.O.O.O=P(O)(O)O.O=P(O)(O)O. The van der Waals surface area contributed by atoms with Crippen LogP contribution in [0.3, 0.4) is 0 Å². The molecule has 0 aliphatic heterocycles. The van der Waals surface area contributed by atoms with Gasteiger partial charge >= 0.3 is 15.6 Å². The molecule has 0 atom stereocenters. The number of rotatable bonds is 0. The Labute approximate surface area is 76.4 Å². The Kier molecular flexibility index (Phi) is 34.4. The van der Waals surface area contributed by atoms with Gasteiger partial charge in [-0.05, 0) is 0 Å². The van der Waals surface area contributed by atoms with Crippen LogP contribution in [-0.2, 0) is 9.13 Å². The van der Waals surface area contributed by atoms with Gasteiger partial charge in [-0.25, -0.2) is 9.13 Å². The molecular weight excluding hydrogens is 257 g/mol. The lowest BCUT2D eigenvalue weighted by Gasteiger charge is -1.82. The van der Waals surface area contributed by atoms with Crippen molar-refractivity contribution in [2.45, 2.75) is 0 Å². The lowest BCUT2D eigenvalue weighted by molar-refractivity contribution is 0.272. The molecule has 0 saturated heterocycles. The molecule has 0 aliphatic carbocycles. The second kappa shape index (κ2) is 13.0. The first kappa shape index (κ1) is 36.9. The van der Waals surface area contributed by atoms with Crippen LogP contribution in [0.4, 0.5) is 4.70 Å². The van der Waals surface area contributed by atoms with Crippen LogP contribution in [0.1, 0.15) is 0 Å². The zero-order chi connectivity index (χ0) is 9.00. The molecule has 0 fully saturated rings. The van der Waals surface area contributed by atoms with Crippen LogP contribution in [0.25, 0.3) is 0 Å². The second-order valence-electron chi connectivity index (χ2n) is 1.03. The van der Waals surface area contributed by atoms with Gasteiger partial charge < -0.3 is 45.8 Å². The summed E-state index contributed by atoms with van der Waals surface area (Å²) in [7, 11) is -9.28. The quantitative estimate of drug-likeness (QED) is 0.235. The van der Waals surface area contributed by atoms with E-state index in [0.717, 1.165) is 0 Å². The molecule has 0 unspecified atom stereocenters. The molecule has 0 spiro atoms. The maximum absolute atomic E-state index is 8.88. The number of halogens is 1. The first-order valence-corrected chi connectivity index (χ1v) is 4.70. The largest absolute Gasteiger partial charge is 0.466 e. The van der Waals surface area contributed by atoms with Gasteiger partial charge in [-0.3, -0.25) is 4.70 Å². The predicted molar refractivity (Wildman–Crippen MR) is 41.9 cm³/mol. The van der Waals surface area contributed by atoms with Gasteiger partial charge in [0, 0.05) is 0 Å². The Bertz CT molecular complexity index is 126. The normalized spacial score (nSPS) is 8.43. The molecule has 0 radical (unpaired) electrons. The minimum Gasteiger partial charge on any atom is -0.412 e. The molecule has 14 heteroatoms. The van der Waals surface area contributed by atoms with E-state index in [1.165, 1.54) is 0 Å². The van der Waals surface area contributed by atoms with Crippen molar-refractivity contribution >= 4 is 15.6 Å². The van der Waals surface area contributed by atoms with Crippen molar-refractivity contribution < 1.29 is 59.6 Å². The Balaban J connectivity index is -0.0000000178. The summed E-state index contributed by atoms with van der Waals surface area (Å²) in [5.41, 5.74) is 0. The first-order valence-electron chi connectivity index (χ1n) is 1.57. The van der Waals surface area contributed by atoms with E-state index in [2.05, 4.69) is 0 Å². The second-order valence-corrected chi connectivity index (χ2v) is 3.08. The van der Waals surface area contributed by atoms with Crippen LogP contribution in [0.2, 0.25) is 0 Å². The Hall–Kier alpha value is 0.0300. The maximum atomic E-state index is 8.88. The summed E-state index contributed by atoms with van der Waals surface area (Å²) in [5, 5.41) is 0. The fourth-order valence-corrected chi connectivity index (χ4v) is 0. The van der Waals surface area contributed by atoms with Crippen LogP contribution < -0.4 is 0 Å². The summed E-state index contributed by atoms with van der Waals surface area (Å²) >= 11 is 0.